The van der Waals surface area contributed by atoms with E-state index in [4.69, 9.17) is 0 Å². The molecule has 0 aliphatic carbocycles. The van der Waals surface area contributed by atoms with Gasteiger partial charge in [-0.2, -0.15) is 0 Å². The average molecular weight is 436 g/mol. The molecule has 0 spiro atoms. The van der Waals surface area contributed by atoms with E-state index in [0.29, 0.717) is 13.1 Å². The van der Waals surface area contributed by atoms with E-state index in [1.165, 1.54) is 4.88 Å². The van der Waals surface area contributed by atoms with Crippen LogP contribution >= 0.6 is 11.3 Å². The summed E-state index contributed by atoms with van der Waals surface area (Å²) >= 11 is 1.68. The molecule has 1 aromatic carbocycles. The average Bonchev–Trinajstić information content (AvgIpc) is 3.14. The molecule has 0 unspecified atom stereocenters. The fraction of sp³-hybridized carbons (Fsp3) is 0.375. The standard InChI is InChI=1S/C24H29N5OS/c1-16(2)18-7-6-8-19(14-18)24(4,5)27-23(30)29-11-9-28(10-12-29)21-20-13-17(3)31-22(20)26-15-25-21/h6-8,13-15H,1,9-12H2,2-5H3,(H,27,30). The molecule has 1 saturated heterocycles. The molecule has 1 fully saturated rings. The van der Waals surface area contributed by atoms with Crippen LogP contribution in [0, 0.1) is 6.92 Å². The molecule has 7 heteroatoms. The third kappa shape index (κ3) is 4.42. The van der Waals surface area contributed by atoms with Gasteiger partial charge in [-0.05, 0) is 51.0 Å². The number of benzene rings is 1. The number of carbonyl (C=O) groups is 1. The van der Waals surface area contributed by atoms with Gasteiger partial charge < -0.3 is 15.1 Å². The molecule has 2 aromatic heterocycles. The van der Waals surface area contributed by atoms with Gasteiger partial charge in [0.05, 0.1) is 10.9 Å². The van der Waals surface area contributed by atoms with Gasteiger partial charge in [0, 0.05) is 31.1 Å². The van der Waals surface area contributed by atoms with Crippen molar-refractivity contribution in [2.75, 3.05) is 31.1 Å². The number of urea groups is 1. The van der Waals surface area contributed by atoms with E-state index in [1.807, 2.05) is 43.9 Å². The zero-order valence-electron chi connectivity index (χ0n) is 18.6. The fourth-order valence-corrected chi connectivity index (χ4v) is 4.77. The van der Waals surface area contributed by atoms with Crippen molar-refractivity contribution < 1.29 is 4.79 Å². The second kappa shape index (κ2) is 8.30. The highest BCUT2D eigenvalue weighted by Crippen LogP contribution is 2.30. The molecular weight excluding hydrogens is 406 g/mol. The lowest BCUT2D eigenvalue weighted by atomic mass is 9.92. The molecule has 2 amide bonds. The maximum Gasteiger partial charge on any atom is 0.318 e. The van der Waals surface area contributed by atoms with Gasteiger partial charge in [-0.15, -0.1) is 11.3 Å². The Kier molecular flexibility index (Phi) is 5.71. The van der Waals surface area contributed by atoms with E-state index in [2.05, 4.69) is 45.8 Å². The summed E-state index contributed by atoms with van der Waals surface area (Å²) < 4.78 is 0. The van der Waals surface area contributed by atoms with E-state index in [9.17, 15) is 4.79 Å². The summed E-state index contributed by atoms with van der Waals surface area (Å²) in [5.41, 5.74) is 2.69. The summed E-state index contributed by atoms with van der Waals surface area (Å²) in [6.07, 6.45) is 1.63. The van der Waals surface area contributed by atoms with Gasteiger partial charge in [0.25, 0.3) is 0 Å². The van der Waals surface area contributed by atoms with Crippen molar-refractivity contribution in [3.63, 3.8) is 0 Å². The Hall–Kier alpha value is -2.93. The Morgan fingerprint density at radius 2 is 1.90 bits per heavy atom. The number of aryl methyl sites for hydroxylation is 1. The zero-order chi connectivity index (χ0) is 22.2. The van der Waals surface area contributed by atoms with E-state index >= 15 is 0 Å². The minimum absolute atomic E-state index is 0.0374. The minimum Gasteiger partial charge on any atom is -0.352 e. The highest BCUT2D eigenvalue weighted by Gasteiger charge is 2.28. The Balaban J connectivity index is 1.42. The van der Waals surface area contributed by atoms with Crippen LogP contribution in [0.4, 0.5) is 10.6 Å². The molecule has 1 N–H and O–H groups in total. The van der Waals surface area contributed by atoms with E-state index < -0.39 is 5.54 Å². The van der Waals surface area contributed by atoms with Crippen LogP contribution in [-0.2, 0) is 5.54 Å². The monoisotopic (exact) mass is 435 g/mol. The number of nitrogens with one attached hydrogen (secondary N) is 1. The van der Waals surface area contributed by atoms with E-state index in [0.717, 1.165) is 45.8 Å². The Morgan fingerprint density at radius 3 is 2.61 bits per heavy atom. The van der Waals surface area contributed by atoms with Crippen molar-refractivity contribution in [1.82, 2.24) is 20.2 Å². The number of amides is 2. The Bertz CT molecular complexity index is 1130. The van der Waals surface area contributed by atoms with Crippen molar-refractivity contribution in [2.45, 2.75) is 33.2 Å². The maximum absolute atomic E-state index is 13.0. The van der Waals surface area contributed by atoms with Crippen LogP contribution in [0.5, 0.6) is 0 Å². The predicted octanol–water partition coefficient (Wildman–Crippen LogP) is 4.80. The predicted molar refractivity (Wildman–Crippen MR) is 129 cm³/mol. The number of allylic oxidation sites excluding steroid dienone is 1. The van der Waals surface area contributed by atoms with Crippen molar-refractivity contribution in [3.05, 3.63) is 59.2 Å². The lowest BCUT2D eigenvalue weighted by Gasteiger charge is -2.37. The van der Waals surface area contributed by atoms with Crippen molar-refractivity contribution in [3.8, 4) is 0 Å². The molecule has 3 aromatic rings. The number of carbonyl (C=O) groups excluding carboxylic acids is 1. The summed E-state index contributed by atoms with van der Waals surface area (Å²) in [7, 11) is 0. The third-order valence-electron chi connectivity index (χ3n) is 5.79. The number of thiophene rings is 1. The van der Waals surface area contributed by atoms with Crippen molar-refractivity contribution >= 4 is 39.0 Å². The van der Waals surface area contributed by atoms with E-state index in [-0.39, 0.29) is 6.03 Å². The lowest BCUT2D eigenvalue weighted by molar-refractivity contribution is 0.183. The first-order valence-electron chi connectivity index (χ1n) is 10.5. The van der Waals surface area contributed by atoms with Crippen LogP contribution in [0.1, 0.15) is 36.8 Å². The molecule has 31 heavy (non-hydrogen) atoms. The first-order chi connectivity index (χ1) is 14.7. The van der Waals surface area contributed by atoms with Gasteiger partial charge in [0.15, 0.2) is 0 Å². The Morgan fingerprint density at radius 1 is 1.16 bits per heavy atom. The zero-order valence-corrected chi connectivity index (χ0v) is 19.4. The summed E-state index contributed by atoms with van der Waals surface area (Å²) in [6.45, 7) is 15.0. The normalized spacial score (nSPS) is 14.7. The van der Waals surface area contributed by atoms with Gasteiger partial charge in [-0.1, -0.05) is 30.4 Å². The molecule has 162 valence electrons. The molecule has 1 aliphatic heterocycles. The Labute approximate surface area is 187 Å². The number of hydrogen-bond acceptors (Lipinski definition) is 5. The molecule has 4 rings (SSSR count). The SMILES string of the molecule is C=C(C)c1cccc(C(C)(C)NC(=O)N2CCN(c3ncnc4sc(C)cc34)CC2)c1. The number of piperazine rings is 1. The van der Waals surface area contributed by atoms with Crippen molar-refractivity contribution in [2.24, 2.45) is 0 Å². The smallest absolute Gasteiger partial charge is 0.318 e. The summed E-state index contributed by atoms with van der Waals surface area (Å²) in [4.78, 5) is 28.3. The summed E-state index contributed by atoms with van der Waals surface area (Å²) in [6, 6.07) is 10.3. The molecule has 0 bridgehead atoms. The largest absolute Gasteiger partial charge is 0.352 e. The van der Waals surface area contributed by atoms with Crippen LogP contribution in [0.2, 0.25) is 0 Å². The maximum atomic E-state index is 13.0. The van der Waals surface area contributed by atoms with Crippen LogP contribution in [0.25, 0.3) is 15.8 Å². The molecule has 3 heterocycles. The van der Waals surface area contributed by atoms with Crippen LogP contribution in [0.15, 0.2) is 43.2 Å². The number of aromatic nitrogens is 2. The first-order valence-corrected chi connectivity index (χ1v) is 11.4. The van der Waals surface area contributed by atoms with Crippen LogP contribution < -0.4 is 10.2 Å². The highest BCUT2D eigenvalue weighted by atomic mass is 32.1. The highest BCUT2D eigenvalue weighted by molar-refractivity contribution is 7.18. The topological polar surface area (TPSA) is 61.4 Å². The molecule has 0 radical (unpaired) electrons. The van der Waals surface area contributed by atoms with Gasteiger partial charge >= 0.3 is 6.03 Å². The lowest BCUT2D eigenvalue weighted by Crippen LogP contribution is -2.55. The fourth-order valence-electron chi connectivity index (χ4n) is 3.93. The second-order valence-corrected chi connectivity index (χ2v) is 9.90. The molecule has 1 aliphatic rings. The van der Waals surface area contributed by atoms with Crippen LogP contribution in [0.3, 0.4) is 0 Å². The van der Waals surface area contributed by atoms with E-state index in [1.54, 1.807) is 17.7 Å². The number of hydrogen-bond donors (Lipinski definition) is 1. The van der Waals surface area contributed by atoms with Gasteiger partial charge in [0.1, 0.15) is 17.0 Å². The number of anilines is 1. The third-order valence-corrected chi connectivity index (χ3v) is 6.75. The second-order valence-electron chi connectivity index (χ2n) is 8.66. The molecular formula is C24H29N5OS. The van der Waals surface area contributed by atoms with Gasteiger partial charge in [-0.25, -0.2) is 14.8 Å². The van der Waals surface area contributed by atoms with Gasteiger partial charge in [0.2, 0.25) is 0 Å². The molecule has 0 atom stereocenters. The molecule has 6 nitrogen and oxygen atoms in total. The first kappa shape index (κ1) is 21.3. The van der Waals surface area contributed by atoms with Crippen molar-refractivity contribution in [1.29, 1.82) is 0 Å². The number of fused-ring (bicyclic) bond motifs is 1. The van der Waals surface area contributed by atoms with Gasteiger partial charge in [-0.3, -0.25) is 0 Å². The minimum atomic E-state index is -0.479. The summed E-state index contributed by atoms with van der Waals surface area (Å²) in [5.74, 6) is 0.964. The number of rotatable bonds is 4. The number of nitrogens with zero attached hydrogens (tertiary/aromatic N) is 4. The quantitative estimate of drug-likeness (QED) is 0.639. The molecule has 0 saturated carbocycles. The summed E-state index contributed by atoms with van der Waals surface area (Å²) in [5, 5.41) is 4.31. The van der Waals surface area contributed by atoms with Crippen LogP contribution in [-0.4, -0.2) is 47.1 Å².